The fourth-order valence-electron chi connectivity index (χ4n) is 1.22. The molecule has 1 aromatic carbocycles. The van der Waals surface area contributed by atoms with Crippen LogP contribution in [0.1, 0.15) is 5.69 Å². The number of halogens is 2. The molecule has 2 rings (SSSR count). The summed E-state index contributed by atoms with van der Waals surface area (Å²) >= 11 is 0. The molecule has 1 heterocycles. The van der Waals surface area contributed by atoms with Crippen LogP contribution in [0, 0.1) is 12.7 Å². The van der Waals surface area contributed by atoms with Crippen LogP contribution in [-0.4, -0.2) is 9.97 Å². The lowest BCUT2D eigenvalue weighted by atomic mass is 10.3. The van der Waals surface area contributed by atoms with Crippen molar-refractivity contribution in [2.45, 2.75) is 6.92 Å². The Labute approximate surface area is 99.2 Å². The van der Waals surface area contributed by atoms with E-state index in [4.69, 9.17) is 0 Å². The Balaban J connectivity index is 0.00000128. The third-order valence-electron chi connectivity index (χ3n) is 1.94. The zero-order valence-corrected chi connectivity index (χ0v) is 9.46. The number of nitrogens with zero attached hydrogens (tertiary/aromatic N) is 2. The minimum absolute atomic E-state index is 0. The highest BCUT2D eigenvalue weighted by Crippen LogP contribution is 2.17. The first-order valence-corrected chi connectivity index (χ1v) is 4.56. The molecule has 0 aliphatic carbocycles. The molecule has 0 amide bonds. The Kier molecular flexibility index (Phi) is 4.19. The number of anilines is 2. The van der Waals surface area contributed by atoms with Crippen LogP contribution in [0.15, 0.2) is 36.7 Å². The number of aromatic nitrogens is 2. The molecule has 1 aromatic heterocycles. The van der Waals surface area contributed by atoms with Gasteiger partial charge in [0, 0.05) is 11.8 Å². The highest BCUT2D eigenvalue weighted by Gasteiger charge is 2.01. The van der Waals surface area contributed by atoms with Crippen molar-refractivity contribution >= 4 is 23.9 Å². The molecule has 0 radical (unpaired) electrons. The summed E-state index contributed by atoms with van der Waals surface area (Å²) in [7, 11) is 0. The van der Waals surface area contributed by atoms with Gasteiger partial charge in [-0.15, -0.1) is 12.4 Å². The molecule has 84 valence electrons. The molecule has 0 spiro atoms. The average Bonchev–Trinajstić information content (AvgIpc) is 2.22. The van der Waals surface area contributed by atoms with E-state index >= 15 is 0 Å². The van der Waals surface area contributed by atoms with E-state index in [0.29, 0.717) is 11.5 Å². The highest BCUT2D eigenvalue weighted by molar-refractivity contribution is 5.85. The number of nitrogens with one attached hydrogen (secondary N) is 1. The molecule has 5 heteroatoms. The smallest absolute Gasteiger partial charge is 0.146 e. The summed E-state index contributed by atoms with van der Waals surface area (Å²) in [6.07, 6.45) is 1.44. The number of hydrogen-bond acceptors (Lipinski definition) is 3. The Morgan fingerprint density at radius 1 is 1.19 bits per heavy atom. The Bertz CT molecular complexity index is 476. The monoisotopic (exact) mass is 239 g/mol. The lowest BCUT2D eigenvalue weighted by Crippen LogP contribution is -1.97. The van der Waals surface area contributed by atoms with Crippen LogP contribution in [0.4, 0.5) is 15.9 Å². The van der Waals surface area contributed by atoms with Gasteiger partial charge in [-0.05, 0) is 19.1 Å². The Morgan fingerprint density at radius 2 is 1.94 bits per heavy atom. The van der Waals surface area contributed by atoms with Gasteiger partial charge >= 0.3 is 0 Å². The van der Waals surface area contributed by atoms with Crippen LogP contribution in [-0.2, 0) is 0 Å². The Morgan fingerprint density at radius 3 is 2.62 bits per heavy atom. The zero-order valence-electron chi connectivity index (χ0n) is 8.64. The summed E-state index contributed by atoms with van der Waals surface area (Å²) in [5, 5.41) is 2.89. The fraction of sp³-hybridized carbons (Fsp3) is 0.0909. The quantitative estimate of drug-likeness (QED) is 0.875. The van der Waals surface area contributed by atoms with Crippen molar-refractivity contribution in [2.24, 2.45) is 0 Å². The lowest BCUT2D eigenvalue weighted by molar-refractivity contribution is 0.632. The van der Waals surface area contributed by atoms with Crippen molar-refractivity contribution in [2.75, 3.05) is 5.32 Å². The van der Waals surface area contributed by atoms with Gasteiger partial charge in [0.2, 0.25) is 0 Å². The lowest BCUT2D eigenvalue weighted by Gasteiger charge is -2.06. The van der Waals surface area contributed by atoms with Crippen LogP contribution in [0.3, 0.4) is 0 Å². The van der Waals surface area contributed by atoms with Gasteiger partial charge in [-0.1, -0.05) is 12.1 Å². The molecule has 0 saturated carbocycles. The predicted octanol–water partition coefficient (Wildman–Crippen LogP) is 3.09. The number of rotatable bonds is 2. The minimum atomic E-state index is -0.297. The van der Waals surface area contributed by atoms with Crippen molar-refractivity contribution in [3.63, 3.8) is 0 Å². The fourth-order valence-corrected chi connectivity index (χ4v) is 1.22. The van der Waals surface area contributed by atoms with Crippen LogP contribution in [0.2, 0.25) is 0 Å². The van der Waals surface area contributed by atoms with Crippen LogP contribution in [0.25, 0.3) is 0 Å². The van der Waals surface area contributed by atoms with Gasteiger partial charge in [0.1, 0.15) is 18.0 Å². The van der Waals surface area contributed by atoms with Crippen molar-refractivity contribution < 1.29 is 4.39 Å². The maximum atomic E-state index is 13.3. The van der Waals surface area contributed by atoms with E-state index in [1.54, 1.807) is 24.3 Å². The predicted molar refractivity (Wildman–Crippen MR) is 63.7 cm³/mol. The summed E-state index contributed by atoms with van der Waals surface area (Å²) in [5.74, 6) is 0.293. The highest BCUT2D eigenvalue weighted by atomic mass is 35.5. The number of benzene rings is 1. The maximum absolute atomic E-state index is 13.3. The van der Waals surface area contributed by atoms with Crippen LogP contribution < -0.4 is 5.32 Å². The van der Waals surface area contributed by atoms with Gasteiger partial charge in [0.05, 0.1) is 5.69 Å². The normalized spacial score (nSPS) is 9.38. The van der Waals surface area contributed by atoms with Gasteiger partial charge in [-0.2, -0.15) is 0 Å². The second kappa shape index (κ2) is 5.42. The zero-order chi connectivity index (χ0) is 10.7. The SMILES string of the molecule is Cc1cc(Nc2ccccc2F)ncn1.Cl. The molecule has 2 aromatic rings. The topological polar surface area (TPSA) is 37.8 Å². The molecule has 0 aliphatic rings. The van der Waals surface area contributed by atoms with E-state index in [1.165, 1.54) is 12.4 Å². The van der Waals surface area contributed by atoms with Crippen molar-refractivity contribution in [1.29, 1.82) is 0 Å². The van der Waals surface area contributed by atoms with E-state index in [0.717, 1.165) is 5.69 Å². The molecule has 0 fully saturated rings. The van der Waals surface area contributed by atoms with Crippen molar-refractivity contribution in [3.05, 3.63) is 48.2 Å². The minimum Gasteiger partial charge on any atom is -0.338 e. The molecule has 0 unspecified atom stereocenters. The van der Waals surface area contributed by atoms with Crippen molar-refractivity contribution in [1.82, 2.24) is 9.97 Å². The summed E-state index contributed by atoms with van der Waals surface area (Å²) in [6.45, 7) is 1.86. The molecular formula is C11H11ClFN3. The third kappa shape index (κ3) is 2.90. The molecule has 16 heavy (non-hydrogen) atoms. The molecule has 3 nitrogen and oxygen atoms in total. The first kappa shape index (κ1) is 12.4. The molecule has 0 atom stereocenters. The van der Waals surface area contributed by atoms with Gasteiger partial charge in [0.25, 0.3) is 0 Å². The molecule has 0 aliphatic heterocycles. The van der Waals surface area contributed by atoms with E-state index in [-0.39, 0.29) is 18.2 Å². The van der Waals surface area contributed by atoms with E-state index in [2.05, 4.69) is 15.3 Å². The van der Waals surface area contributed by atoms with Gasteiger partial charge in [-0.3, -0.25) is 0 Å². The molecular weight excluding hydrogens is 229 g/mol. The molecule has 1 N–H and O–H groups in total. The van der Waals surface area contributed by atoms with Crippen molar-refractivity contribution in [3.8, 4) is 0 Å². The van der Waals surface area contributed by atoms with E-state index in [9.17, 15) is 4.39 Å². The third-order valence-corrected chi connectivity index (χ3v) is 1.94. The maximum Gasteiger partial charge on any atom is 0.146 e. The standard InChI is InChI=1S/C11H10FN3.ClH/c1-8-6-11(14-7-13-8)15-10-5-3-2-4-9(10)12;/h2-7H,1H3,(H,13,14,15);1H. The summed E-state index contributed by atoms with van der Waals surface area (Å²) < 4.78 is 13.3. The van der Waals surface area contributed by atoms with E-state index < -0.39 is 0 Å². The summed E-state index contributed by atoms with van der Waals surface area (Å²) in [5.41, 5.74) is 1.25. The second-order valence-electron chi connectivity index (χ2n) is 3.15. The molecule has 0 saturated heterocycles. The van der Waals surface area contributed by atoms with Crippen LogP contribution >= 0.6 is 12.4 Å². The van der Waals surface area contributed by atoms with E-state index in [1.807, 2.05) is 6.92 Å². The van der Waals surface area contributed by atoms with Gasteiger partial charge in [0.15, 0.2) is 0 Å². The first-order chi connectivity index (χ1) is 7.25. The second-order valence-corrected chi connectivity index (χ2v) is 3.15. The summed E-state index contributed by atoms with van der Waals surface area (Å²) in [4.78, 5) is 7.95. The average molecular weight is 240 g/mol. The summed E-state index contributed by atoms with van der Waals surface area (Å²) in [6, 6.07) is 8.22. The Hall–Kier alpha value is -1.68. The molecule has 0 bridgehead atoms. The van der Waals surface area contributed by atoms with Crippen LogP contribution in [0.5, 0.6) is 0 Å². The van der Waals surface area contributed by atoms with Gasteiger partial charge in [-0.25, -0.2) is 14.4 Å². The first-order valence-electron chi connectivity index (χ1n) is 4.56. The largest absolute Gasteiger partial charge is 0.338 e. The number of hydrogen-bond donors (Lipinski definition) is 1. The van der Waals surface area contributed by atoms with Gasteiger partial charge < -0.3 is 5.32 Å². The number of aryl methyl sites for hydroxylation is 1. The number of para-hydroxylation sites is 1.